The second kappa shape index (κ2) is 17.9. The molecule has 4 amide bonds. The van der Waals surface area contributed by atoms with Crippen molar-refractivity contribution in [3.05, 3.63) is 65.9 Å². The maximum Gasteiger partial charge on any atom is 0.249 e. The number of nitrogens with zero attached hydrogens (tertiary/aromatic N) is 5. The van der Waals surface area contributed by atoms with Gasteiger partial charge < -0.3 is 25.3 Å². The summed E-state index contributed by atoms with van der Waals surface area (Å²) < 4.78 is 30.2. The van der Waals surface area contributed by atoms with Gasteiger partial charge in [-0.15, -0.1) is 0 Å². The Morgan fingerprint density at radius 3 is 2.34 bits per heavy atom. The van der Waals surface area contributed by atoms with Crippen LogP contribution < -0.4 is 20.9 Å². The number of nitrogens with one attached hydrogen (secondary N) is 3. The summed E-state index contributed by atoms with van der Waals surface area (Å²) in [4.78, 5) is 64.7. The van der Waals surface area contributed by atoms with Crippen molar-refractivity contribution < 1.29 is 28.0 Å². The van der Waals surface area contributed by atoms with Crippen molar-refractivity contribution in [2.75, 3.05) is 54.8 Å². The minimum absolute atomic E-state index is 0.00115. The summed E-state index contributed by atoms with van der Waals surface area (Å²) in [5, 5.41) is 8.79. The quantitative estimate of drug-likeness (QED) is 0.204. The van der Waals surface area contributed by atoms with E-state index in [-0.39, 0.29) is 59.4 Å². The van der Waals surface area contributed by atoms with Gasteiger partial charge in [0.05, 0.1) is 6.20 Å². The normalized spacial score (nSPS) is 24.1. The van der Waals surface area contributed by atoms with E-state index in [1.54, 1.807) is 11.0 Å². The summed E-state index contributed by atoms with van der Waals surface area (Å²) in [5.41, 5.74) is 2.80. The minimum atomic E-state index is -0.545. The topological polar surface area (TPSA) is 140 Å². The third kappa shape index (κ3) is 9.32. The summed E-state index contributed by atoms with van der Waals surface area (Å²) in [7, 11) is 0. The summed E-state index contributed by atoms with van der Waals surface area (Å²) in [5.74, 6) is -0.0557. The van der Waals surface area contributed by atoms with Gasteiger partial charge in [0.2, 0.25) is 29.6 Å². The predicted octanol–water partition coefficient (Wildman–Crippen LogP) is 6.24. The van der Waals surface area contributed by atoms with Crippen LogP contribution in [-0.4, -0.2) is 94.7 Å². The van der Waals surface area contributed by atoms with Crippen molar-refractivity contribution in [1.82, 2.24) is 25.1 Å². The van der Waals surface area contributed by atoms with Crippen molar-refractivity contribution in [2.45, 2.75) is 101 Å². The highest BCUT2D eigenvalue weighted by atomic mass is 19.1. The highest BCUT2D eigenvalue weighted by molar-refractivity contribution is 6.01. The fourth-order valence-corrected chi connectivity index (χ4v) is 9.57. The Balaban J connectivity index is 0.755. The van der Waals surface area contributed by atoms with Gasteiger partial charge in [-0.25, -0.2) is 18.7 Å². The van der Waals surface area contributed by atoms with Crippen LogP contribution in [0.2, 0.25) is 0 Å². The molecule has 3 aromatic rings. The van der Waals surface area contributed by atoms with Crippen molar-refractivity contribution in [3.63, 3.8) is 0 Å². The lowest BCUT2D eigenvalue weighted by Crippen LogP contribution is -2.47. The van der Waals surface area contributed by atoms with E-state index in [2.05, 4.69) is 35.7 Å². The monoisotopic (exact) mass is 796 g/mol. The van der Waals surface area contributed by atoms with Gasteiger partial charge in [-0.05, 0) is 125 Å². The van der Waals surface area contributed by atoms with Gasteiger partial charge in [0, 0.05) is 67.9 Å². The van der Waals surface area contributed by atoms with E-state index in [4.69, 9.17) is 0 Å². The third-order valence-corrected chi connectivity index (χ3v) is 13.0. The van der Waals surface area contributed by atoms with Crippen LogP contribution in [0.1, 0.15) is 95.0 Å². The summed E-state index contributed by atoms with van der Waals surface area (Å²) in [6.45, 7) is 5.04. The van der Waals surface area contributed by atoms with Crippen molar-refractivity contribution >= 4 is 41.0 Å². The molecule has 5 aliphatic rings. The zero-order valence-electron chi connectivity index (χ0n) is 33.1. The van der Waals surface area contributed by atoms with Gasteiger partial charge in [-0.1, -0.05) is 18.2 Å². The van der Waals surface area contributed by atoms with Crippen LogP contribution in [0.15, 0.2) is 48.7 Å². The molecule has 0 unspecified atom stereocenters. The number of anilines is 3. The Bertz CT molecular complexity index is 1990. The number of piperidine rings is 4. The Kier molecular flexibility index (Phi) is 12.3. The number of halogens is 2. The fraction of sp³-hybridized carbons (Fsp3) is 0.545. The number of hydrogen-bond donors (Lipinski definition) is 3. The fourth-order valence-electron chi connectivity index (χ4n) is 9.57. The van der Waals surface area contributed by atoms with E-state index in [0.717, 1.165) is 103 Å². The highest BCUT2D eigenvalue weighted by Gasteiger charge is 2.33. The predicted molar refractivity (Wildman–Crippen MR) is 217 cm³/mol. The smallest absolute Gasteiger partial charge is 0.249 e. The van der Waals surface area contributed by atoms with Gasteiger partial charge >= 0.3 is 0 Å². The van der Waals surface area contributed by atoms with Crippen LogP contribution in [0, 0.1) is 23.5 Å². The maximum atomic E-state index is 15.2. The molecule has 0 bridgehead atoms. The average Bonchev–Trinajstić information content (AvgIpc) is 3.23. The number of carbonyl (C=O) groups excluding carboxylic acids is 4. The lowest BCUT2D eigenvalue weighted by Gasteiger charge is -2.39. The highest BCUT2D eigenvalue weighted by Crippen LogP contribution is 2.34. The number of rotatable bonds is 10. The van der Waals surface area contributed by atoms with E-state index in [9.17, 15) is 19.2 Å². The molecule has 8 rings (SSSR count). The van der Waals surface area contributed by atoms with Crippen LogP contribution in [0.5, 0.6) is 0 Å². The molecule has 4 saturated heterocycles. The zero-order valence-corrected chi connectivity index (χ0v) is 33.1. The number of carbonyl (C=O) groups is 4. The second-order valence-corrected chi connectivity index (χ2v) is 16.9. The molecule has 1 atom stereocenters. The van der Waals surface area contributed by atoms with Crippen molar-refractivity contribution in [1.29, 1.82) is 0 Å². The first-order chi connectivity index (χ1) is 28.2. The first kappa shape index (κ1) is 39.8. The number of benzene rings is 2. The van der Waals surface area contributed by atoms with Crippen molar-refractivity contribution in [2.24, 2.45) is 11.8 Å². The molecule has 58 heavy (non-hydrogen) atoms. The first-order valence-corrected chi connectivity index (χ1v) is 21.3. The molecule has 308 valence electrons. The molecule has 5 heterocycles. The molecule has 1 aromatic heterocycles. The van der Waals surface area contributed by atoms with E-state index >= 15 is 8.78 Å². The molecular weight excluding hydrogens is 743 g/mol. The van der Waals surface area contributed by atoms with Gasteiger partial charge in [-0.3, -0.25) is 24.5 Å². The van der Waals surface area contributed by atoms with Gasteiger partial charge in [0.15, 0.2) is 5.82 Å². The third-order valence-electron chi connectivity index (χ3n) is 13.0. The van der Waals surface area contributed by atoms with Crippen LogP contribution in [0.25, 0.3) is 11.3 Å². The van der Waals surface area contributed by atoms with Crippen LogP contribution in [-0.2, 0) is 19.2 Å². The molecule has 12 nitrogen and oxygen atoms in total. The molecule has 0 spiro atoms. The van der Waals surface area contributed by atoms with E-state index in [0.29, 0.717) is 48.1 Å². The van der Waals surface area contributed by atoms with Crippen LogP contribution in [0.4, 0.5) is 26.1 Å². The standard InChI is InChI=1S/C44H54F2N8O4/c45-36-25-33(48-38-13-14-39(55)50-42(38)57)11-12-35(36)29-17-20-52(21-18-29)27-28-15-22-53(23-16-28)43(58)30-7-9-32(10-8-30)49-44-47-26-37(46)41(51-44)31-4-3-5-34(24-31)54-19-2-1-6-40(54)56/h3-5,11-12,24-26,28-30,32,38,48H,1-2,6-10,13-23,27H2,(H,47,49,51)(H,50,55,57)/t30-,32-,38-/m1/s1. The molecule has 2 aromatic carbocycles. The number of likely N-dealkylation sites (tertiary alicyclic amines) is 2. The lowest BCUT2D eigenvalue weighted by atomic mass is 9.84. The summed E-state index contributed by atoms with van der Waals surface area (Å²) >= 11 is 0. The summed E-state index contributed by atoms with van der Waals surface area (Å²) in [6.07, 6.45) is 11.1. The van der Waals surface area contributed by atoms with E-state index in [1.165, 1.54) is 12.3 Å². The second-order valence-electron chi connectivity index (χ2n) is 16.9. The minimum Gasteiger partial charge on any atom is -0.374 e. The number of hydrogen-bond acceptors (Lipinski definition) is 9. The molecule has 1 aliphatic carbocycles. The van der Waals surface area contributed by atoms with Gasteiger partial charge in [0.1, 0.15) is 17.6 Å². The largest absolute Gasteiger partial charge is 0.374 e. The maximum absolute atomic E-state index is 15.2. The molecule has 1 saturated carbocycles. The molecule has 4 aliphatic heterocycles. The average molecular weight is 797 g/mol. The van der Waals surface area contributed by atoms with Gasteiger partial charge in [0.25, 0.3) is 0 Å². The first-order valence-electron chi connectivity index (χ1n) is 21.3. The van der Waals surface area contributed by atoms with Crippen LogP contribution in [0.3, 0.4) is 0 Å². The number of aromatic nitrogens is 2. The van der Waals surface area contributed by atoms with Crippen LogP contribution >= 0.6 is 0 Å². The lowest BCUT2D eigenvalue weighted by molar-refractivity contribution is -0.138. The number of amides is 4. The Morgan fingerprint density at radius 1 is 0.810 bits per heavy atom. The summed E-state index contributed by atoms with van der Waals surface area (Å²) in [6, 6.07) is 12.0. The molecule has 5 fully saturated rings. The molecule has 0 radical (unpaired) electrons. The zero-order chi connectivity index (χ0) is 40.2. The Hall–Kier alpha value is -4.98. The van der Waals surface area contributed by atoms with E-state index < -0.39 is 11.9 Å². The number of imide groups is 1. The van der Waals surface area contributed by atoms with Gasteiger partial charge in [-0.2, -0.15) is 0 Å². The molecular formula is C44H54F2N8O4. The van der Waals surface area contributed by atoms with E-state index in [1.807, 2.05) is 30.3 Å². The Labute approximate surface area is 338 Å². The SMILES string of the molecule is O=C1CC[C@@H](Nc2ccc(C3CCN(CC4CCN(C(=O)[C@H]5CC[C@H](Nc6ncc(F)c(-c7cccc(N8CCCCC8=O)c7)n6)CC5)CC4)CC3)c(F)c2)C(=O)N1. The van der Waals surface area contributed by atoms with Crippen molar-refractivity contribution in [3.8, 4) is 11.3 Å². The molecule has 3 N–H and O–H groups in total. The molecule has 14 heteroatoms. The Morgan fingerprint density at radius 2 is 1.60 bits per heavy atom.